The topological polar surface area (TPSA) is 111 Å². The molecule has 9 heteroatoms. The highest BCUT2D eigenvalue weighted by Gasteiger charge is 2.16. The number of anilines is 2. The van der Waals surface area contributed by atoms with Gasteiger partial charge in [-0.2, -0.15) is 0 Å². The van der Waals surface area contributed by atoms with Crippen molar-refractivity contribution < 1.29 is 27.5 Å². The molecule has 0 aliphatic carbocycles. The minimum Gasteiger partial charge on any atom is -0.497 e. The molecule has 0 fully saturated rings. The van der Waals surface area contributed by atoms with Gasteiger partial charge in [-0.15, -0.1) is 0 Å². The van der Waals surface area contributed by atoms with E-state index in [0.29, 0.717) is 22.7 Å². The van der Waals surface area contributed by atoms with Crippen molar-refractivity contribution in [3.63, 3.8) is 0 Å². The zero-order valence-electron chi connectivity index (χ0n) is 16.8. The fourth-order valence-corrected chi connectivity index (χ4v) is 3.73. The predicted molar refractivity (Wildman–Crippen MR) is 116 cm³/mol. The lowest BCUT2D eigenvalue weighted by molar-refractivity contribution is 0.0600. The van der Waals surface area contributed by atoms with Crippen LogP contribution in [0.2, 0.25) is 0 Å². The number of ether oxygens (including phenoxy) is 2. The molecule has 8 nitrogen and oxygen atoms in total. The van der Waals surface area contributed by atoms with Crippen LogP contribution < -0.4 is 14.8 Å². The van der Waals surface area contributed by atoms with E-state index in [0.717, 1.165) is 0 Å². The number of esters is 1. The van der Waals surface area contributed by atoms with Crippen molar-refractivity contribution in [3.8, 4) is 5.75 Å². The van der Waals surface area contributed by atoms with E-state index in [1.807, 2.05) is 0 Å². The second-order valence-corrected chi connectivity index (χ2v) is 8.06. The molecule has 3 aromatic rings. The number of nitrogens with one attached hydrogen (secondary N) is 2. The maximum Gasteiger partial charge on any atom is 0.337 e. The summed E-state index contributed by atoms with van der Waals surface area (Å²) in [6.45, 7) is 0. The molecule has 160 valence electrons. The zero-order valence-corrected chi connectivity index (χ0v) is 17.6. The summed E-state index contributed by atoms with van der Waals surface area (Å²) in [5, 5.41) is 2.68. The van der Waals surface area contributed by atoms with Gasteiger partial charge in [0.1, 0.15) is 5.75 Å². The largest absolute Gasteiger partial charge is 0.497 e. The van der Waals surface area contributed by atoms with Gasteiger partial charge < -0.3 is 14.8 Å². The van der Waals surface area contributed by atoms with E-state index < -0.39 is 21.9 Å². The maximum absolute atomic E-state index is 12.6. The van der Waals surface area contributed by atoms with Gasteiger partial charge in [0.05, 0.1) is 24.7 Å². The zero-order chi connectivity index (χ0) is 22.4. The number of hydrogen-bond acceptors (Lipinski definition) is 6. The number of carbonyl (C=O) groups is 2. The monoisotopic (exact) mass is 440 g/mol. The summed E-state index contributed by atoms with van der Waals surface area (Å²) in [5.74, 6) is -0.283. The average Bonchev–Trinajstić information content (AvgIpc) is 2.79. The SMILES string of the molecule is COC(=O)c1ccc(NC(=O)c2ccc(S(=O)(=O)Nc3ccc(OC)cc3)cc2)cc1. The van der Waals surface area contributed by atoms with Crippen LogP contribution in [0.15, 0.2) is 77.7 Å². The highest BCUT2D eigenvalue weighted by atomic mass is 32.2. The molecule has 0 unspecified atom stereocenters. The molecule has 1 amide bonds. The maximum atomic E-state index is 12.6. The van der Waals surface area contributed by atoms with E-state index in [9.17, 15) is 18.0 Å². The van der Waals surface area contributed by atoms with Gasteiger partial charge in [0, 0.05) is 16.9 Å². The average molecular weight is 440 g/mol. The van der Waals surface area contributed by atoms with Crippen molar-refractivity contribution >= 4 is 33.3 Å². The molecule has 2 N–H and O–H groups in total. The number of rotatable bonds is 7. The standard InChI is InChI=1S/C22H20N2O6S/c1-29-19-11-9-18(10-12-19)24-31(27,28)20-13-5-15(6-14-20)21(25)23-17-7-3-16(4-8-17)22(26)30-2/h3-14,24H,1-2H3,(H,23,25). The van der Waals surface area contributed by atoms with E-state index in [-0.39, 0.29) is 10.5 Å². The van der Waals surface area contributed by atoms with Gasteiger partial charge in [0.2, 0.25) is 0 Å². The Labute approximate surface area is 179 Å². The summed E-state index contributed by atoms with van der Waals surface area (Å²) in [7, 11) is -1.01. The van der Waals surface area contributed by atoms with Crippen LogP contribution in [0.25, 0.3) is 0 Å². The van der Waals surface area contributed by atoms with E-state index >= 15 is 0 Å². The second-order valence-electron chi connectivity index (χ2n) is 6.38. The Morgan fingerprint density at radius 1 is 0.742 bits per heavy atom. The van der Waals surface area contributed by atoms with Crippen LogP contribution in [0, 0.1) is 0 Å². The van der Waals surface area contributed by atoms with E-state index in [4.69, 9.17) is 4.74 Å². The third-order valence-electron chi connectivity index (χ3n) is 4.33. The first kappa shape index (κ1) is 21.8. The molecule has 0 saturated heterocycles. The van der Waals surface area contributed by atoms with Crippen LogP contribution >= 0.6 is 0 Å². The first-order valence-corrected chi connectivity index (χ1v) is 10.6. The van der Waals surface area contributed by atoms with Crippen LogP contribution in [0.3, 0.4) is 0 Å². The molecule has 0 atom stereocenters. The quantitative estimate of drug-likeness (QED) is 0.544. The Kier molecular flexibility index (Phi) is 6.56. The molecule has 3 rings (SSSR count). The summed E-state index contributed by atoms with van der Waals surface area (Å²) in [4.78, 5) is 23.9. The summed E-state index contributed by atoms with van der Waals surface area (Å²) in [6.07, 6.45) is 0. The Balaban J connectivity index is 1.68. The van der Waals surface area contributed by atoms with Crippen molar-refractivity contribution in [1.29, 1.82) is 0 Å². The highest BCUT2D eigenvalue weighted by molar-refractivity contribution is 7.92. The van der Waals surface area contributed by atoms with Gasteiger partial charge in [0.15, 0.2) is 0 Å². The highest BCUT2D eigenvalue weighted by Crippen LogP contribution is 2.20. The summed E-state index contributed by atoms with van der Waals surface area (Å²) in [6, 6.07) is 18.2. The third kappa shape index (κ3) is 5.40. The van der Waals surface area contributed by atoms with Crippen molar-refractivity contribution in [2.45, 2.75) is 4.90 Å². The molecule has 0 aromatic heterocycles. The number of methoxy groups -OCH3 is 2. The smallest absolute Gasteiger partial charge is 0.337 e. The fourth-order valence-electron chi connectivity index (χ4n) is 2.67. The molecular weight excluding hydrogens is 420 g/mol. The summed E-state index contributed by atoms with van der Waals surface area (Å²) in [5.41, 5.74) is 1.51. The van der Waals surface area contributed by atoms with Crippen molar-refractivity contribution in [2.75, 3.05) is 24.3 Å². The van der Waals surface area contributed by atoms with E-state index in [1.54, 1.807) is 36.4 Å². The van der Waals surface area contributed by atoms with Crippen molar-refractivity contribution in [1.82, 2.24) is 0 Å². The van der Waals surface area contributed by atoms with Crippen molar-refractivity contribution in [3.05, 3.63) is 83.9 Å². The Morgan fingerprint density at radius 2 is 1.29 bits per heavy atom. The summed E-state index contributed by atoms with van der Waals surface area (Å²) < 4.78 is 37.3. The van der Waals surface area contributed by atoms with Crippen LogP contribution in [-0.2, 0) is 14.8 Å². The lowest BCUT2D eigenvalue weighted by atomic mass is 10.2. The number of carbonyl (C=O) groups excluding carboxylic acids is 2. The molecule has 0 aliphatic heterocycles. The van der Waals surface area contributed by atoms with E-state index in [2.05, 4.69) is 14.8 Å². The van der Waals surface area contributed by atoms with Crippen LogP contribution in [-0.4, -0.2) is 34.5 Å². The van der Waals surface area contributed by atoms with Crippen molar-refractivity contribution in [2.24, 2.45) is 0 Å². The molecule has 0 aliphatic rings. The van der Waals surface area contributed by atoms with Gasteiger partial charge >= 0.3 is 5.97 Å². The lowest BCUT2D eigenvalue weighted by Gasteiger charge is -2.10. The Hall–Kier alpha value is -3.85. The molecular formula is C22H20N2O6S. The third-order valence-corrected chi connectivity index (χ3v) is 5.73. The fraction of sp³-hybridized carbons (Fsp3) is 0.0909. The second kappa shape index (κ2) is 9.31. The molecule has 0 heterocycles. The Morgan fingerprint density at radius 3 is 1.84 bits per heavy atom. The van der Waals surface area contributed by atoms with Crippen LogP contribution in [0.5, 0.6) is 5.75 Å². The van der Waals surface area contributed by atoms with E-state index in [1.165, 1.54) is 50.6 Å². The van der Waals surface area contributed by atoms with Crippen LogP contribution in [0.4, 0.5) is 11.4 Å². The normalized spacial score (nSPS) is 10.8. The molecule has 0 spiro atoms. The predicted octanol–water partition coefficient (Wildman–Crippen LogP) is 3.53. The molecule has 0 radical (unpaired) electrons. The number of benzene rings is 3. The number of hydrogen-bond donors (Lipinski definition) is 2. The van der Waals surface area contributed by atoms with Gasteiger partial charge in [-0.1, -0.05) is 0 Å². The van der Waals surface area contributed by atoms with Gasteiger partial charge in [0.25, 0.3) is 15.9 Å². The number of sulfonamides is 1. The van der Waals surface area contributed by atoms with Crippen LogP contribution in [0.1, 0.15) is 20.7 Å². The summed E-state index contributed by atoms with van der Waals surface area (Å²) >= 11 is 0. The number of amides is 1. The molecule has 0 saturated carbocycles. The molecule has 31 heavy (non-hydrogen) atoms. The molecule has 3 aromatic carbocycles. The minimum atomic E-state index is -3.82. The molecule has 0 bridgehead atoms. The first-order valence-electron chi connectivity index (χ1n) is 9.09. The van der Waals surface area contributed by atoms with Gasteiger partial charge in [-0.05, 0) is 72.8 Å². The minimum absolute atomic E-state index is 0.0160. The lowest BCUT2D eigenvalue weighted by Crippen LogP contribution is -2.15. The van der Waals surface area contributed by atoms with Gasteiger partial charge in [-0.3, -0.25) is 9.52 Å². The van der Waals surface area contributed by atoms with Gasteiger partial charge in [-0.25, -0.2) is 13.2 Å². The first-order chi connectivity index (χ1) is 14.8. The Bertz CT molecular complexity index is 1170.